The van der Waals surface area contributed by atoms with Crippen molar-refractivity contribution < 1.29 is 0 Å². The summed E-state index contributed by atoms with van der Waals surface area (Å²) in [7, 11) is 0. The summed E-state index contributed by atoms with van der Waals surface area (Å²) < 4.78 is -2.54. The van der Waals surface area contributed by atoms with Crippen LogP contribution in [0.4, 0.5) is 0 Å². The minimum atomic E-state index is -1.32. The monoisotopic (exact) mass is 566 g/mol. The van der Waals surface area contributed by atoms with Crippen LogP contribution in [-0.4, -0.2) is 55.6 Å². The second-order valence-corrected chi connectivity index (χ2v) is 37.5. The molecule has 0 aliphatic carbocycles. The third-order valence-electron chi connectivity index (χ3n) is 4.84. The summed E-state index contributed by atoms with van der Waals surface area (Å²) in [5, 5.41) is 3.51. The van der Waals surface area contributed by atoms with Crippen molar-refractivity contribution in [3.8, 4) is 0 Å². The van der Waals surface area contributed by atoms with Gasteiger partial charge in [0, 0.05) is 0 Å². The maximum absolute atomic E-state index is 4.17. The van der Waals surface area contributed by atoms with E-state index >= 15 is 0 Å². The molecule has 1 heterocycles. The quantitative estimate of drug-likeness (QED) is 0.286. The van der Waals surface area contributed by atoms with Crippen LogP contribution in [0.3, 0.4) is 0 Å². The zero-order valence-corrected chi connectivity index (χ0v) is 21.6. The van der Waals surface area contributed by atoms with Crippen molar-refractivity contribution in [3.05, 3.63) is 72.8 Å². The average Bonchev–Trinajstić information content (AvgIpc) is 2.83. The third-order valence-corrected chi connectivity index (χ3v) is 46.9. The van der Waals surface area contributed by atoms with Gasteiger partial charge in [-0.3, -0.25) is 0 Å². The first-order chi connectivity index (χ1) is 11.8. The van der Waals surface area contributed by atoms with Gasteiger partial charge in [0.25, 0.3) is 0 Å². The van der Waals surface area contributed by atoms with E-state index in [0.29, 0.717) is 19.2 Å². The van der Waals surface area contributed by atoms with E-state index in [0.717, 1.165) is 6.42 Å². The summed E-state index contributed by atoms with van der Waals surface area (Å²) in [4.78, 5) is 0. The van der Waals surface area contributed by atoms with Crippen LogP contribution >= 0.6 is 8.40 Å². The molecule has 3 unspecified atom stereocenters. The molecule has 0 nitrogen and oxygen atoms in total. The summed E-state index contributed by atoms with van der Waals surface area (Å²) >= 11 is 8.18. The topological polar surface area (TPSA) is 0 Å². The Hall–Kier alpha value is 0.598. The van der Waals surface area contributed by atoms with Crippen LogP contribution in [-0.2, 0) is 0 Å². The number of hydrogen-bond donors (Lipinski definition) is 0. The van der Waals surface area contributed by atoms with Crippen molar-refractivity contribution in [3.63, 3.8) is 0 Å². The van der Waals surface area contributed by atoms with Crippen molar-refractivity contribution in [1.82, 2.24) is 0 Å². The first kappa shape index (κ1) is 20.3. The van der Waals surface area contributed by atoms with Gasteiger partial charge in [-0.15, -0.1) is 0 Å². The van der Waals surface area contributed by atoms with Gasteiger partial charge < -0.3 is 0 Å². The molecule has 0 radical (unpaired) electrons. The SMILES string of the molecule is C=C(C)CCC1(C)CP(=[Se])(c2ccccc2)[Se]P1(=[Se])c1ccccc1. The molecule has 1 aliphatic rings. The van der Waals surface area contributed by atoms with Crippen LogP contribution in [0, 0.1) is 0 Å². The maximum atomic E-state index is 4.17. The fraction of sp³-hybridized carbons (Fsp3) is 0.300. The molecule has 2 aromatic rings. The zero-order chi connectivity index (χ0) is 18.1. The van der Waals surface area contributed by atoms with E-state index in [4.69, 9.17) is 0 Å². The molecule has 3 rings (SSSR count). The van der Waals surface area contributed by atoms with Gasteiger partial charge in [0.2, 0.25) is 0 Å². The van der Waals surface area contributed by atoms with Gasteiger partial charge in [0.15, 0.2) is 0 Å². The van der Waals surface area contributed by atoms with Gasteiger partial charge in [-0.05, 0) is 0 Å². The number of rotatable bonds is 5. The van der Waals surface area contributed by atoms with E-state index in [1.54, 1.807) is 10.6 Å². The van der Waals surface area contributed by atoms with E-state index in [2.05, 4.69) is 111 Å². The minimum absolute atomic E-state index is 0.363. The van der Waals surface area contributed by atoms with Gasteiger partial charge in [-0.1, -0.05) is 0 Å². The van der Waals surface area contributed by atoms with E-state index in [9.17, 15) is 0 Å². The second kappa shape index (κ2) is 7.92. The molecule has 25 heavy (non-hydrogen) atoms. The molecule has 0 spiro atoms. The van der Waals surface area contributed by atoms with Crippen molar-refractivity contribution in [1.29, 1.82) is 0 Å². The van der Waals surface area contributed by atoms with E-state index in [1.807, 2.05) is 0 Å². The molecule has 0 aromatic heterocycles. The number of hydrogen-bond acceptors (Lipinski definition) is 0. The molecule has 2 aromatic carbocycles. The molecule has 1 saturated heterocycles. The summed E-state index contributed by atoms with van der Waals surface area (Å²) in [5.41, 5.74) is 1.31. The average molecular weight is 563 g/mol. The Labute approximate surface area is 173 Å². The molecule has 0 amide bonds. The van der Waals surface area contributed by atoms with Crippen molar-refractivity contribution in [2.75, 3.05) is 6.16 Å². The van der Waals surface area contributed by atoms with Crippen LogP contribution in [0.25, 0.3) is 0 Å². The second-order valence-electron chi connectivity index (χ2n) is 7.09. The van der Waals surface area contributed by atoms with Crippen molar-refractivity contribution in [2.45, 2.75) is 31.8 Å². The Bertz CT molecular complexity index is 861. The first-order valence-corrected chi connectivity index (χ1v) is 21.1. The van der Waals surface area contributed by atoms with Gasteiger partial charge in [0.05, 0.1) is 0 Å². The summed E-state index contributed by atoms with van der Waals surface area (Å²) in [6, 6.07) is 22.5. The molecular weight excluding hydrogens is 539 g/mol. The van der Waals surface area contributed by atoms with Gasteiger partial charge in [-0.25, -0.2) is 0 Å². The standard InChI is InChI=1S/C20H24P2Se3/c1-17(2)14-15-20(3)16-21(23,18-10-6-4-7-11-18)25-22(20,24)19-12-8-5-9-13-19/h4-13H,1,14-16H2,2-3H3. The molecule has 1 fully saturated rings. The van der Waals surface area contributed by atoms with Crippen LogP contribution in [0.2, 0.25) is 0 Å². The Morgan fingerprint density at radius 3 is 2.08 bits per heavy atom. The molecule has 1 aliphatic heterocycles. The number of allylic oxidation sites excluding steroid dienone is 1. The van der Waals surface area contributed by atoms with Gasteiger partial charge in [0.1, 0.15) is 0 Å². The van der Waals surface area contributed by atoms with Crippen LogP contribution < -0.4 is 10.6 Å². The van der Waals surface area contributed by atoms with Crippen LogP contribution in [0.1, 0.15) is 26.7 Å². The summed E-state index contributed by atoms with van der Waals surface area (Å²) in [6.07, 6.45) is 3.71. The summed E-state index contributed by atoms with van der Waals surface area (Å²) in [5.74, 6) is 0. The predicted octanol–water partition coefficient (Wildman–Crippen LogP) is 4.50. The molecular formula is C20H24P2Se3. The van der Waals surface area contributed by atoms with Crippen molar-refractivity contribution in [2.24, 2.45) is 0 Å². The Kier molecular flexibility index (Phi) is 6.44. The van der Waals surface area contributed by atoms with Gasteiger partial charge >= 0.3 is 174 Å². The van der Waals surface area contributed by atoms with Crippen molar-refractivity contribution >= 4 is 63.3 Å². The normalized spacial score (nSPS) is 31.8. The van der Waals surface area contributed by atoms with Crippen LogP contribution in [0.15, 0.2) is 72.8 Å². The van der Waals surface area contributed by atoms with E-state index in [-0.39, 0.29) is 0 Å². The molecule has 0 bridgehead atoms. The van der Waals surface area contributed by atoms with E-state index < -0.39 is 8.40 Å². The molecule has 5 heteroatoms. The Balaban J connectivity index is 2.09. The Morgan fingerprint density at radius 2 is 1.56 bits per heavy atom. The fourth-order valence-electron chi connectivity index (χ4n) is 3.34. The van der Waals surface area contributed by atoms with Crippen LogP contribution in [0.5, 0.6) is 0 Å². The Morgan fingerprint density at radius 1 is 1.04 bits per heavy atom. The molecule has 0 N–H and O–H groups in total. The third kappa shape index (κ3) is 4.06. The molecule has 0 saturated carbocycles. The van der Waals surface area contributed by atoms with E-state index in [1.165, 1.54) is 18.2 Å². The zero-order valence-electron chi connectivity index (χ0n) is 14.7. The van der Waals surface area contributed by atoms with Gasteiger partial charge in [-0.2, -0.15) is 0 Å². The number of benzene rings is 2. The summed E-state index contributed by atoms with van der Waals surface area (Å²) in [6.45, 7) is 8.89. The first-order valence-electron chi connectivity index (χ1n) is 8.45. The molecule has 132 valence electrons. The predicted molar refractivity (Wildman–Crippen MR) is 121 cm³/mol. The molecule has 3 atom stereocenters. The fourth-order valence-corrected chi connectivity index (χ4v) is 69.1.